The second kappa shape index (κ2) is 8.14. The van der Waals surface area contributed by atoms with Crippen LogP contribution in [0.2, 0.25) is 0 Å². The Morgan fingerprint density at radius 2 is 1.43 bits per heavy atom. The first-order valence-electron chi connectivity index (χ1n) is 10.8. The number of nitrogens with zero attached hydrogens (tertiary/aromatic N) is 2. The van der Waals surface area contributed by atoms with Crippen molar-refractivity contribution in [2.45, 2.75) is 0 Å². The summed E-state index contributed by atoms with van der Waals surface area (Å²) in [6, 6.07) is 26.8. The maximum Gasteiger partial charge on any atom is 0.347 e. The third kappa shape index (κ3) is 3.48. The van der Waals surface area contributed by atoms with Crippen LogP contribution in [-0.4, -0.2) is 16.8 Å². The van der Waals surface area contributed by atoms with Gasteiger partial charge in [0, 0.05) is 15.6 Å². The lowest BCUT2D eigenvalue weighted by molar-refractivity contribution is 0.0926. The zero-order chi connectivity index (χ0) is 24.1. The Kier molecular flexibility index (Phi) is 4.93. The number of carbonyl (C=O) groups is 2. The molecule has 0 atom stereocenters. The van der Waals surface area contributed by atoms with Gasteiger partial charge in [-0.25, -0.2) is 14.7 Å². The number of imide groups is 1. The van der Waals surface area contributed by atoms with E-state index in [1.165, 1.54) is 4.90 Å². The highest BCUT2D eigenvalue weighted by molar-refractivity contribution is 9.10. The van der Waals surface area contributed by atoms with Crippen molar-refractivity contribution in [2.24, 2.45) is 0 Å². The summed E-state index contributed by atoms with van der Waals surface area (Å²) in [5.41, 5.74) is 3.07. The van der Waals surface area contributed by atoms with E-state index in [1.54, 1.807) is 48.5 Å². The van der Waals surface area contributed by atoms with Gasteiger partial charge in [-0.3, -0.25) is 9.59 Å². The van der Waals surface area contributed by atoms with E-state index in [4.69, 9.17) is 4.42 Å². The summed E-state index contributed by atoms with van der Waals surface area (Å²) in [6.45, 7) is 0. The summed E-state index contributed by atoms with van der Waals surface area (Å²) in [5.74, 6) is -0.768. The Labute approximate surface area is 207 Å². The number of hydrogen-bond acceptors (Lipinski definition) is 5. The predicted molar refractivity (Wildman–Crippen MR) is 136 cm³/mol. The minimum atomic E-state index is -0.535. The summed E-state index contributed by atoms with van der Waals surface area (Å²) in [6.07, 6.45) is 0. The minimum absolute atomic E-state index is 0.0796. The first kappa shape index (κ1) is 21.2. The number of halogens is 1. The summed E-state index contributed by atoms with van der Waals surface area (Å²) in [7, 11) is 0. The van der Waals surface area contributed by atoms with Crippen molar-refractivity contribution in [3.8, 4) is 22.6 Å². The first-order chi connectivity index (χ1) is 17.0. The molecule has 1 aromatic heterocycles. The fourth-order valence-corrected chi connectivity index (χ4v) is 4.65. The molecule has 4 aromatic carbocycles. The Morgan fingerprint density at radius 3 is 2.26 bits per heavy atom. The molecule has 35 heavy (non-hydrogen) atoms. The zero-order valence-corrected chi connectivity index (χ0v) is 19.7. The van der Waals surface area contributed by atoms with Crippen LogP contribution in [0, 0.1) is 0 Å². The molecule has 1 aliphatic heterocycles. The average molecular weight is 523 g/mol. The van der Waals surface area contributed by atoms with E-state index in [1.807, 2.05) is 42.5 Å². The molecule has 168 valence electrons. The van der Waals surface area contributed by atoms with Crippen molar-refractivity contribution < 1.29 is 14.0 Å². The number of rotatable bonds is 3. The van der Waals surface area contributed by atoms with Gasteiger partial charge >= 0.3 is 5.63 Å². The predicted octanol–water partition coefficient (Wildman–Crippen LogP) is 6.09. The molecule has 1 aliphatic rings. The van der Waals surface area contributed by atoms with Gasteiger partial charge in [-0.15, -0.1) is 0 Å². The van der Waals surface area contributed by atoms with Crippen LogP contribution < -0.4 is 10.5 Å². The van der Waals surface area contributed by atoms with E-state index in [0.717, 1.165) is 15.6 Å². The molecule has 0 unspecified atom stereocenters. The Morgan fingerprint density at radius 1 is 0.686 bits per heavy atom. The normalized spacial score (nSPS) is 12.9. The lowest BCUT2D eigenvalue weighted by atomic mass is 10.0. The number of anilines is 1. The number of hydrogen-bond donors (Lipinski definition) is 0. The van der Waals surface area contributed by atoms with Gasteiger partial charge < -0.3 is 4.42 Å². The maximum atomic E-state index is 13.5. The van der Waals surface area contributed by atoms with Crippen molar-refractivity contribution in [1.82, 2.24) is 4.98 Å². The quantitative estimate of drug-likeness (QED) is 0.268. The van der Waals surface area contributed by atoms with Crippen LogP contribution in [0.5, 0.6) is 0 Å². The third-order valence-corrected chi connectivity index (χ3v) is 6.45. The fourth-order valence-electron chi connectivity index (χ4n) is 4.29. The van der Waals surface area contributed by atoms with Gasteiger partial charge in [0.2, 0.25) is 5.89 Å². The molecule has 0 fully saturated rings. The maximum absolute atomic E-state index is 13.5. The lowest BCUT2D eigenvalue weighted by Gasteiger charge is -2.18. The average Bonchev–Trinajstić information content (AvgIpc) is 3.14. The van der Waals surface area contributed by atoms with Crippen molar-refractivity contribution >= 4 is 44.3 Å². The van der Waals surface area contributed by atoms with E-state index in [2.05, 4.69) is 20.9 Å². The molecule has 0 N–H and O–H groups in total. The van der Waals surface area contributed by atoms with Gasteiger partial charge in [0.15, 0.2) is 0 Å². The Hall–Kier alpha value is -4.36. The third-order valence-electron chi connectivity index (χ3n) is 5.95. The molecular weight excluding hydrogens is 508 g/mol. The van der Waals surface area contributed by atoms with Crippen molar-refractivity contribution in [2.75, 3.05) is 4.90 Å². The van der Waals surface area contributed by atoms with Gasteiger partial charge in [-0.2, -0.15) is 0 Å². The molecule has 0 spiro atoms. The van der Waals surface area contributed by atoms with Crippen LogP contribution in [0.1, 0.15) is 20.7 Å². The molecule has 0 saturated heterocycles. The zero-order valence-electron chi connectivity index (χ0n) is 18.1. The second-order valence-electron chi connectivity index (χ2n) is 8.06. The highest BCUT2D eigenvalue weighted by atomic mass is 79.9. The SMILES string of the molecule is O=C1c2ccc(-c3nc4ccc(Br)cc4c(=O)o3)cc2C(=O)N1c1ccccc1-c1ccccc1. The molecular formula is C28H15BrN2O4. The van der Waals surface area contributed by atoms with Gasteiger partial charge in [-0.05, 0) is 48.0 Å². The number of amides is 2. The number of carbonyl (C=O) groups excluding carboxylic acids is 2. The summed E-state index contributed by atoms with van der Waals surface area (Å²) in [4.78, 5) is 45.0. The Balaban J connectivity index is 1.44. The summed E-state index contributed by atoms with van der Waals surface area (Å²) < 4.78 is 6.18. The van der Waals surface area contributed by atoms with E-state index in [0.29, 0.717) is 22.2 Å². The van der Waals surface area contributed by atoms with E-state index in [-0.39, 0.29) is 17.0 Å². The largest absolute Gasteiger partial charge is 0.403 e. The van der Waals surface area contributed by atoms with Crippen LogP contribution in [0.4, 0.5) is 5.69 Å². The summed E-state index contributed by atoms with van der Waals surface area (Å²) in [5, 5.41) is 0.347. The van der Waals surface area contributed by atoms with Gasteiger partial charge in [0.1, 0.15) is 0 Å². The molecule has 5 aromatic rings. The molecule has 7 heteroatoms. The lowest BCUT2D eigenvalue weighted by Crippen LogP contribution is -2.29. The van der Waals surface area contributed by atoms with Gasteiger partial charge in [0.25, 0.3) is 11.8 Å². The van der Waals surface area contributed by atoms with Crippen molar-refractivity contribution in [3.05, 3.63) is 117 Å². The number of aromatic nitrogens is 1. The number of fused-ring (bicyclic) bond motifs is 2. The number of benzene rings is 4. The van der Waals surface area contributed by atoms with Gasteiger partial charge in [0.05, 0.1) is 27.7 Å². The van der Waals surface area contributed by atoms with Gasteiger partial charge in [-0.1, -0.05) is 64.5 Å². The monoisotopic (exact) mass is 522 g/mol. The Bertz CT molecular complexity index is 1730. The van der Waals surface area contributed by atoms with Crippen LogP contribution in [0.25, 0.3) is 33.5 Å². The minimum Gasteiger partial charge on any atom is -0.403 e. The number of para-hydroxylation sites is 1. The highest BCUT2D eigenvalue weighted by Gasteiger charge is 2.38. The highest BCUT2D eigenvalue weighted by Crippen LogP contribution is 2.37. The molecule has 0 saturated carbocycles. The molecule has 0 aliphatic carbocycles. The smallest absolute Gasteiger partial charge is 0.347 e. The fraction of sp³-hybridized carbons (Fsp3) is 0. The van der Waals surface area contributed by atoms with E-state index < -0.39 is 17.4 Å². The van der Waals surface area contributed by atoms with Crippen LogP contribution in [-0.2, 0) is 0 Å². The molecule has 0 bridgehead atoms. The summed E-state index contributed by atoms with van der Waals surface area (Å²) >= 11 is 3.34. The molecule has 2 amide bonds. The van der Waals surface area contributed by atoms with E-state index >= 15 is 0 Å². The van der Waals surface area contributed by atoms with Crippen molar-refractivity contribution in [3.63, 3.8) is 0 Å². The van der Waals surface area contributed by atoms with Crippen molar-refractivity contribution in [1.29, 1.82) is 0 Å². The van der Waals surface area contributed by atoms with E-state index in [9.17, 15) is 14.4 Å². The second-order valence-corrected chi connectivity index (χ2v) is 8.97. The van der Waals surface area contributed by atoms with Crippen LogP contribution >= 0.6 is 15.9 Å². The van der Waals surface area contributed by atoms with Crippen LogP contribution in [0.3, 0.4) is 0 Å². The molecule has 6 nitrogen and oxygen atoms in total. The first-order valence-corrected chi connectivity index (χ1v) is 11.6. The topological polar surface area (TPSA) is 80.5 Å². The molecule has 2 heterocycles. The standard InChI is InChI=1S/C28H15BrN2O4/c29-18-11-13-23-22(15-18)28(34)35-25(30-23)17-10-12-20-21(14-17)27(33)31(26(20)32)24-9-5-4-8-19(24)16-6-2-1-3-7-16/h1-15H. The molecule has 6 rings (SSSR count). The van der Waals surface area contributed by atoms with Crippen LogP contribution in [0.15, 0.2) is 105 Å². The molecule has 0 radical (unpaired) electrons.